The van der Waals surface area contributed by atoms with Crippen LogP contribution in [0.5, 0.6) is 0 Å². The van der Waals surface area contributed by atoms with Crippen LogP contribution in [-0.2, 0) is 9.53 Å². The molecule has 0 amide bonds. The summed E-state index contributed by atoms with van der Waals surface area (Å²) in [5.41, 5.74) is 0. The van der Waals surface area contributed by atoms with E-state index in [2.05, 4.69) is 4.74 Å². The monoisotopic (exact) mass is 274 g/mol. The number of carboxylic acid groups (broad SMARTS) is 1. The predicted octanol–water partition coefficient (Wildman–Crippen LogP) is 3.15. The van der Waals surface area contributed by atoms with Gasteiger partial charge in [-0.1, -0.05) is 6.92 Å². The van der Waals surface area contributed by atoms with E-state index in [-0.39, 0.29) is 12.8 Å². The van der Waals surface area contributed by atoms with E-state index < -0.39 is 24.4 Å². The molecule has 0 fully saturated rings. The van der Waals surface area contributed by atoms with E-state index in [4.69, 9.17) is 5.11 Å². The Kier molecular flexibility index (Phi) is 7.61. The fourth-order valence-electron chi connectivity index (χ4n) is 1.36. The van der Waals surface area contributed by atoms with Crippen molar-refractivity contribution in [1.82, 2.24) is 0 Å². The first-order valence-electron chi connectivity index (χ1n) is 5.22. The molecular formula is C10H17F3O3S. The van der Waals surface area contributed by atoms with Gasteiger partial charge in [0, 0.05) is 0 Å². The number of aliphatic carboxylic acids is 1. The Labute approximate surface area is 103 Å². The summed E-state index contributed by atoms with van der Waals surface area (Å²) in [6, 6.07) is 0. The number of carbonyl (C=O) groups is 1. The Hall–Kier alpha value is -0.430. The molecule has 0 aliphatic carbocycles. The summed E-state index contributed by atoms with van der Waals surface area (Å²) in [4.78, 5) is 10.6. The van der Waals surface area contributed by atoms with Crippen molar-refractivity contribution in [1.29, 1.82) is 0 Å². The molecule has 0 saturated heterocycles. The van der Waals surface area contributed by atoms with Gasteiger partial charge in [0.15, 0.2) is 0 Å². The van der Waals surface area contributed by atoms with Crippen LogP contribution in [0, 0.1) is 5.92 Å². The summed E-state index contributed by atoms with van der Waals surface area (Å²) in [5.74, 6) is -1.21. The number of carboxylic acids is 1. The molecule has 0 radical (unpaired) electrons. The molecule has 0 aromatic rings. The average molecular weight is 274 g/mol. The maximum Gasteiger partial charge on any atom is 0.522 e. The highest BCUT2D eigenvalue weighted by atomic mass is 32.2. The summed E-state index contributed by atoms with van der Waals surface area (Å²) in [7, 11) is 0. The molecule has 0 bridgehead atoms. The molecule has 0 rings (SSSR count). The molecule has 0 aliphatic heterocycles. The van der Waals surface area contributed by atoms with Crippen LogP contribution in [0.2, 0.25) is 0 Å². The average Bonchev–Trinajstić information content (AvgIpc) is 2.15. The van der Waals surface area contributed by atoms with Crippen molar-refractivity contribution in [3.8, 4) is 0 Å². The van der Waals surface area contributed by atoms with Gasteiger partial charge >= 0.3 is 12.3 Å². The van der Waals surface area contributed by atoms with Crippen LogP contribution in [0.4, 0.5) is 13.2 Å². The van der Waals surface area contributed by atoms with Gasteiger partial charge in [-0.05, 0) is 31.3 Å². The summed E-state index contributed by atoms with van der Waals surface area (Å²) < 4.78 is 40.2. The van der Waals surface area contributed by atoms with Crippen molar-refractivity contribution in [3.63, 3.8) is 0 Å². The van der Waals surface area contributed by atoms with Crippen LogP contribution in [-0.4, -0.2) is 35.6 Å². The minimum Gasteiger partial charge on any atom is -0.481 e. The second-order valence-corrected chi connectivity index (χ2v) is 4.78. The lowest BCUT2D eigenvalue weighted by molar-refractivity contribution is -0.344. The molecule has 0 aromatic carbocycles. The number of hydrogen-bond acceptors (Lipinski definition) is 3. The third kappa shape index (κ3) is 9.29. The SMILES string of the molecule is CSCCCC(CC(C)C(=O)O)OC(F)(F)F. The maximum absolute atomic E-state index is 12.1. The van der Waals surface area contributed by atoms with E-state index in [0.29, 0.717) is 6.42 Å². The molecule has 0 spiro atoms. The normalized spacial score (nSPS) is 15.6. The van der Waals surface area contributed by atoms with E-state index in [1.807, 2.05) is 6.26 Å². The molecule has 0 aliphatic rings. The molecule has 2 unspecified atom stereocenters. The highest BCUT2D eigenvalue weighted by Crippen LogP contribution is 2.25. The quantitative estimate of drug-likeness (QED) is 0.691. The van der Waals surface area contributed by atoms with Crippen molar-refractivity contribution >= 4 is 17.7 Å². The van der Waals surface area contributed by atoms with Crippen molar-refractivity contribution < 1.29 is 27.8 Å². The molecule has 2 atom stereocenters. The molecule has 7 heteroatoms. The minimum atomic E-state index is -4.71. The van der Waals surface area contributed by atoms with Crippen molar-refractivity contribution in [2.24, 2.45) is 5.92 Å². The Balaban J connectivity index is 4.24. The van der Waals surface area contributed by atoms with Gasteiger partial charge in [-0.3, -0.25) is 9.53 Å². The molecule has 3 nitrogen and oxygen atoms in total. The number of alkyl halides is 3. The molecule has 102 valence electrons. The number of ether oxygens (including phenoxy) is 1. The van der Waals surface area contributed by atoms with Gasteiger partial charge in [-0.15, -0.1) is 13.2 Å². The summed E-state index contributed by atoms with van der Waals surface area (Å²) in [6.07, 6.45) is -3.25. The first-order chi connectivity index (χ1) is 7.76. The highest BCUT2D eigenvalue weighted by Gasteiger charge is 2.34. The molecule has 0 saturated carbocycles. The van der Waals surface area contributed by atoms with Crippen LogP contribution < -0.4 is 0 Å². The maximum atomic E-state index is 12.1. The van der Waals surface area contributed by atoms with Gasteiger partial charge in [0.25, 0.3) is 0 Å². The van der Waals surface area contributed by atoms with E-state index in [0.717, 1.165) is 5.75 Å². The van der Waals surface area contributed by atoms with Crippen LogP contribution >= 0.6 is 11.8 Å². The Morgan fingerprint density at radius 2 is 2.06 bits per heavy atom. The highest BCUT2D eigenvalue weighted by molar-refractivity contribution is 7.98. The van der Waals surface area contributed by atoms with E-state index in [1.54, 1.807) is 0 Å². The smallest absolute Gasteiger partial charge is 0.481 e. The van der Waals surface area contributed by atoms with E-state index >= 15 is 0 Å². The molecule has 0 heterocycles. The Morgan fingerprint density at radius 1 is 1.47 bits per heavy atom. The van der Waals surface area contributed by atoms with Crippen molar-refractivity contribution in [2.45, 2.75) is 38.7 Å². The topological polar surface area (TPSA) is 46.5 Å². The lowest BCUT2D eigenvalue weighted by Gasteiger charge is -2.20. The van der Waals surface area contributed by atoms with Crippen LogP contribution in [0.15, 0.2) is 0 Å². The molecular weight excluding hydrogens is 257 g/mol. The summed E-state index contributed by atoms with van der Waals surface area (Å²) in [5, 5.41) is 8.66. The predicted molar refractivity (Wildman–Crippen MR) is 60.0 cm³/mol. The molecule has 1 N–H and O–H groups in total. The van der Waals surface area contributed by atoms with Gasteiger partial charge in [0.05, 0.1) is 12.0 Å². The lowest BCUT2D eigenvalue weighted by atomic mass is 10.0. The van der Waals surface area contributed by atoms with Crippen molar-refractivity contribution in [3.05, 3.63) is 0 Å². The summed E-state index contributed by atoms with van der Waals surface area (Å²) >= 11 is 1.53. The van der Waals surface area contributed by atoms with Crippen LogP contribution in [0.1, 0.15) is 26.2 Å². The second-order valence-electron chi connectivity index (χ2n) is 3.80. The number of hydrogen-bond donors (Lipinski definition) is 1. The molecule has 0 aromatic heterocycles. The Morgan fingerprint density at radius 3 is 2.47 bits per heavy atom. The third-order valence-electron chi connectivity index (χ3n) is 2.21. The number of thioether (sulfide) groups is 1. The van der Waals surface area contributed by atoms with E-state index in [1.165, 1.54) is 18.7 Å². The van der Waals surface area contributed by atoms with Crippen LogP contribution in [0.3, 0.4) is 0 Å². The zero-order valence-corrected chi connectivity index (χ0v) is 10.6. The molecule has 17 heavy (non-hydrogen) atoms. The minimum absolute atomic E-state index is 0.122. The fraction of sp³-hybridized carbons (Fsp3) is 0.900. The van der Waals surface area contributed by atoms with Gasteiger partial charge in [-0.25, -0.2) is 0 Å². The third-order valence-corrected chi connectivity index (χ3v) is 2.91. The lowest BCUT2D eigenvalue weighted by Crippen LogP contribution is -2.27. The number of rotatable bonds is 8. The first kappa shape index (κ1) is 16.6. The van der Waals surface area contributed by atoms with Crippen molar-refractivity contribution in [2.75, 3.05) is 12.0 Å². The van der Waals surface area contributed by atoms with Gasteiger partial charge < -0.3 is 5.11 Å². The van der Waals surface area contributed by atoms with Gasteiger partial charge in [-0.2, -0.15) is 11.8 Å². The zero-order valence-electron chi connectivity index (χ0n) is 9.79. The first-order valence-corrected chi connectivity index (χ1v) is 6.62. The fourth-order valence-corrected chi connectivity index (χ4v) is 1.82. The van der Waals surface area contributed by atoms with Gasteiger partial charge in [0.1, 0.15) is 0 Å². The Bertz CT molecular complexity index is 233. The summed E-state index contributed by atoms with van der Waals surface area (Å²) in [6.45, 7) is 1.38. The van der Waals surface area contributed by atoms with Gasteiger partial charge in [0.2, 0.25) is 0 Å². The number of halogens is 3. The second kappa shape index (κ2) is 7.81. The van der Waals surface area contributed by atoms with E-state index in [9.17, 15) is 18.0 Å². The zero-order chi connectivity index (χ0) is 13.5. The van der Waals surface area contributed by atoms with Crippen LogP contribution in [0.25, 0.3) is 0 Å². The largest absolute Gasteiger partial charge is 0.522 e. The standard InChI is InChI=1S/C10H17F3O3S/c1-7(9(14)15)6-8(4-3-5-17-2)16-10(11,12)13/h7-8H,3-6H2,1-2H3,(H,14,15).